The van der Waals surface area contributed by atoms with E-state index in [9.17, 15) is 4.39 Å². The van der Waals surface area contributed by atoms with Gasteiger partial charge in [-0.15, -0.1) is 0 Å². The molecule has 2 rings (SSSR count). The maximum Gasteiger partial charge on any atom is 0.226 e. The first-order chi connectivity index (χ1) is 9.19. The van der Waals surface area contributed by atoms with Crippen LogP contribution in [0.5, 0.6) is 0 Å². The van der Waals surface area contributed by atoms with Crippen molar-refractivity contribution in [2.45, 2.75) is 26.2 Å². The fourth-order valence-electron chi connectivity index (χ4n) is 1.90. The molecule has 0 aliphatic heterocycles. The number of nitrogens with two attached hydrogens (primary N) is 1. The van der Waals surface area contributed by atoms with E-state index in [1.54, 1.807) is 12.1 Å². The molecule has 0 saturated carbocycles. The van der Waals surface area contributed by atoms with E-state index in [0.717, 1.165) is 19.3 Å². The second-order valence-electron chi connectivity index (χ2n) is 4.74. The van der Waals surface area contributed by atoms with Crippen LogP contribution in [0.25, 0.3) is 11.4 Å². The van der Waals surface area contributed by atoms with Gasteiger partial charge in [0, 0.05) is 12.0 Å². The molecular weight excluding hydrogens is 245 g/mol. The Hall–Kier alpha value is -1.75. The Balaban J connectivity index is 1.99. The van der Waals surface area contributed by atoms with Gasteiger partial charge in [0.05, 0.1) is 0 Å². The van der Waals surface area contributed by atoms with Crippen molar-refractivity contribution in [2.24, 2.45) is 11.7 Å². The van der Waals surface area contributed by atoms with Gasteiger partial charge in [-0.25, -0.2) is 4.39 Å². The molecule has 2 N–H and O–H groups in total. The monoisotopic (exact) mass is 263 g/mol. The molecule has 1 atom stereocenters. The molecule has 19 heavy (non-hydrogen) atoms. The van der Waals surface area contributed by atoms with Crippen molar-refractivity contribution in [3.8, 4) is 11.4 Å². The third kappa shape index (κ3) is 3.86. The summed E-state index contributed by atoms with van der Waals surface area (Å²) in [5, 5.41) is 3.87. The second-order valence-corrected chi connectivity index (χ2v) is 4.74. The van der Waals surface area contributed by atoms with Crippen molar-refractivity contribution in [3.05, 3.63) is 36.0 Å². The minimum Gasteiger partial charge on any atom is -0.339 e. The van der Waals surface area contributed by atoms with Crippen LogP contribution >= 0.6 is 0 Å². The van der Waals surface area contributed by atoms with Crippen molar-refractivity contribution in [2.75, 3.05) is 6.54 Å². The van der Waals surface area contributed by atoms with Gasteiger partial charge in [-0.1, -0.05) is 24.2 Å². The number of hydrogen-bond acceptors (Lipinski definition) is 4. The predicted octanol–water partition coefficient (Wildman–Crippen LogP) is 2.79. The predicted molar refractivity (Wildman–Crippen MR) is 70.8 cm³/mol. The number of aryl methyl sites for hydroxylation is 1. The first-order valence-corrected chi connectivity index (χ1v) is 6.47. The lowest BCUT2D eigenvalue weighted by molar-refractivity contribution is 0.362. The maximum atomic E-state index is 13.1. The lowest BCUT2D eigenvalue weighted by Crippen LogP contribution is -2.06. The van der Waals surface area contributed by atoms with Gasteiger partial charge < -0.3 is 10.3 Å². The van der Waals surface area contributed by atoms with Gasteiger partial charge >= 0.3 is 0 Å². The highest BCUT2D eigenvalue weighted by Gasteiger charge is 2.10. The highest BCUT2D eigenvalue weighted by molar-refractivity contribution is 5.53. The van der Waals surface area contributed by atoms with Crippen molar-refractivity contribution >= 4 is 0 Å². The minimum absolute atomic E-state index is 0.305. The Bertz CT molecular complexity index is 527. The van der Waals surface area contributed by atoms with Gasteiger partial charge in [0.2, 0.25) is 11.7 Å². The van der Waals surface area contributed by atoms with Crippen LogP contribution in [-0.2, 0) is 6.42 Å². The highest BCUT2D eigenvalue weighted by Crippen LogP contribution is 2.18. The molecule has 1 aromatic heterocycles. The van der Waals surface area contributed by atoms with E-state index in [0.29, 0.717) is 29.7 Å². The molecule has 1 heterocycles. The zero-order chi connectivity index (χ0) is 13.7. The second kappa shape index (κ2) is 6.43. The van der Waals surface area contributed by atoms with E-state index in [-0.39, 0.29) is 5.82 Å². The molecule has 0 aliphatic rings. The van der Waals surface area contributed by atoms with E-state index < -0.39 is 0 Å². The average molecular weight is 263 g/mol. The Morgan fingerprint density at radius 3 is 2.95 bits per heavy atom. The number of rotatable bonds is 6. The Labute approximate surface area is 111 Å². The molecule has 102 valence electrons. The zero-order valence-corrected chi connectivity index (χ0v) is 11.0. The summed E-state index contributed by atoms with van der Waals surface area (Å²) in [6.07, 6.45) is 2.68. The van der Waals surface area contributed by atoms with E-state index in [1.165, 1.54) is 12.1 Å². The summed E-state index contributed by atoms with van der Waals surface area (Å²) in [7, 11) is 0. The third-order valence-corrected chi connectivity index (χ3v) is 3.06. The van der Waals surface area contributed by atoms with Crippen LogP contribution in [0, 0.1) is 11.7 Å². The SMILES string of the molecule is CC(CCN)CCc1nc(-c2cccc(F)c2)no1. The smallest absolute Gasteiger partial charge is 0.226 e. The molecule has 0 amide bonds. The Morgan fingerprint density at radius 2 is 2.21 bits per heavy atom. The van der Waals surface area contributed by atoms with Gasteiger partial charge in [0.15, 0.2) is 0 Å². The van der Waals surface area contributed by atoms with Crippen molar-refractivity contribution < 1.29 is 8.91 Å². The van der Waals surface area contributed by atoms with E-state index >= 15 is 0 Å². The van der Waals surface area contributed by atoms with Crippen molar-refractivity contribution in [1.29, 1.82) is 0 Å². The fourth-order valence-corrected chi connectivity index (χ4v) is 1.90. The quantitative estimate of drug-likeness (QED) is 0.870. The van der Waals surface area contributed by atoms with Crippen LogP contribution in [0.3, 0.4) is 0 Å². The van der Waals surface area contributed by atoms with E-state index in [1.807, 2.05) is 0 Å². The maximum absolute atomic E-state index is 13.1. The van der Waals surface area contributed by atoms with Crippen molar-refractivity contribution in [1.82, 2.24) is 10.1 Å². The zero-order valence-electron chi connectivity index (χ0n) is 11.0. The first-order valence-electron chi connectivity index (χ1n) is 6.47. The number of benzene rings is 1. The largest absolute Gasteiger partial charge is 0.339 e. The summed E-state index contributed by atoms with van der Waals surface area (Å²) in [6, 6.07) is 6.17. The topological polar surface area (TPSA) is 64.9 Å². The standard InChI is InChI=1S/C14H18FN3O/c1-10(7-8-16)5-6-13-17-14(18-19-13)11-3-2-4-12(15)9-11/h2-4,9-10H,5-8,16H2,1H3. The summed E-state index contributed by atoms with van der Waals surface area (Å²) in [5.41, 5.74) is 6.14. The summed E-state index contributed by atoms with van der Waals surface area (Å²) in [4.78, 5) is 4.28. The Kier molecular flexibility index (Phi) is 4.63. The molecule has 0 fully saturated rings. The lowest BCUT2D eigenvalue weighted by atomic mass is 10.0. The summed E-state index contributed by atoms with van der Waals surface area (Å²) in [6.45, 7) is 2.84. The van der Waals surface area contributed by atoms with Crippen LogP contribution in [-0.4, -0.2) is 16.7 Å². The van der Waals surface area contributed by atoms with Crippen molar-refractivity contribution in [3.63, 3.8) is 0 Å². The molecule has 2 aromatic rings. The van der Waals surface area contributed by atoms with Gasteiger partial charge in [0.1, 0.15) is 5.82 Å². The molecule has 1 aromatic carbocycles. The molecule has 0 aliphatic carbocycles. The molecule has 0 saturated heterocycles. The molecule has 0 bridgehead atoms. The van der Waals surface area contributed by atoms with Crippen LogP contribution in [0.15, 0.2) is 28.8 Å². The third-order valence-electron chi connectivity index (χ3n) is 3.06. The van der Waals surface area contributed by atoms with Gasteiger partial charge in [-0.05, 0) is 37.4 Å². The van der Waals surface area contributed by atoms with E-state index in [4.69, 9.17) is 10.3 Å². The molecule has 1 unspecified atom stereocenters. The molecule has 0 radical (unpaired) electrons. The van der Waals surface area contributed by atoms with E-state index in [2.05, 4.69) is 17.1 Å². The Morgan fingerprint density at radius 1 is 1.37 bits per heavy atom. The number of hydrogen-bond donors (Lipinski definition) is 1. The molecule has 4 nitrogen and oxygen atoms in total. The van der Waals surface area contributed by atoms with Crippen LogP contribution < -0.4 is 5.73 Å². The average Bonchev–Trinajstić information content (AvgIpc) is 2.85. The minimum atomic E-state index is -0.305. The molecule has 5 heteroatoms. The number of nitrogens with zero attached hydrogens (tertiary/aromatic N) is 2. The number of aromatic nitrogens is 2. The summed E-state index contributed by atoms with van der Waals surface area (Å²) in [5.74, 6) is 1.25. The first kappa shape index (κ1) is 13.7. The summed E-state index contributed by atoms with van der Waals surface area (Å²) >= 11 is 0. The molecule has 0 spiro atoms. The normalized spacial score (nSPS) is 12.6. The van der Waals surface area contributed by atoms with Crippen LogP contribution in [0.1, 0.15) is 25.7 Å². The van der Waals surface area contributed by atoms with Crippen LogP contribution in [0.2, 0.25) is 0 Å². The number of halogens is 1. The fraction of sp³-hybridized carbons (Fsp3) is 0.429. The van der Waals surface area contributed by atoms with Gasteiger partial charge in [-0.3, -0.25) is 0 Å². The highest BCUT2D eigenvalue weighted by atomic mass is 19.1. The van der Waals surface area contributed by atoms with Gasteiger partial charge in [-0.2, -0.15) is 4.98 Å². The van der Waals surface area contributed by atoms with Crippen LogP contribution in [0.4, 0.5) is 4.39 Å². The lowest BCUT2D eigenvalue weighted by Gasteiger charge is -2.06. The molecular formula is C14H18FN3O. The van der Waals surface area contributed by atoms with Gasteiger partial charge in [0.25, 0.3) is 0 Å². The summed E-state index contributed by atoms with van der Waals surface area (Å²) < 4.78 is 18.3.